The van der Waals surface area contributed by atoms with Gasteiger partial charge in [-0.25, -0.2) is 10.2 Å². The summed E-state index contributed by atoms with van der Waals surface area (Å²) in [6.07, 6.45) is -0.692. The molecule has 0 aromatic heterocycles. The Labute approximate surface area is 228 Å². The number of nitrogens with zero attached hydrogens (tertiary/aromatic N) is 1. The molecule has 1 atom stereocenters. The lowest BCUT2D eigenvalue weighted by molar-refractivity contribution is -0.124. The molecule has 0 fully saturated rings. The zero-order chi connectivity index (χ0) is 27.9. The second-order valence-corrected chi connectivity index (χ2v) is 10.0. The molecule has 0 heterocycles. The SMILES string of the molecule is C/C(=N\NC(=O)[C@@H](NC(=O)OCC1c2ccccc2-c2ccccc21)C(C)C)C(=O)NCc1ccc(C)cc1. The van der Waals surface area contributed by atoms with Crippen molar-refractivity contribution in [3.8, 4) is 11.1 Å². The van der Waals surface area contributed by atoms with Crippen molar-refractivity contribution in [2.75, 3.05) is 6.61 Å². The number of fused-ring (bicyclic) bond motifs is 3. The number of nitrogens with one attached hydrogen (secondary N) is 3. The molecule has 8 heteroatoms. The van der Waals surface area contributed by atoms with E-state index in [1.165, 1.54) is 6.92 Å². The van der Waals surface area contributed by atoms with E-state index < -0.39 is 23.9 Å². The highest BCUT2D eigenvalue weighted by molar-refractivity contribution is 6.37. The summed E-state index contributed by atoms with van der Waals surface area (Å²) in [5.41, 5.74) is 9.07. The Balaban J connectivity index is 1.31. The van der Waals surface area contributed by atoms with E-state index in [1.54, 1.807) is 13.8 Å². The van der Waals surface area contributed by atoms with Crippen LogP contribution in [0.25, 0.3) is 11.1 Å². The van der Waals surface area contributed by atoms with Gasteiger partial charge in [0, 0.05) is 12.5 Å². The first-order chi connectivity index (χ1) is 18.7. The number of carbonyl (C=O) groups is 3. The van der Waals surface area contributed by atoms with E-state index in [9.17, 15) is 14.4 Å². The molecule has 0 bridgehead atoms. The minimum Gasteiger partial charge on any atom is -0.449 e. The summed E-state index contributed by atoms with van der Waals surface area (Å²) >= 11 is 0. The van der Waals surface area contributed by atoms with Crippen LogP contribution >= 0.6 is 0 Å². The van der Waals surface area contributed by atoms with Gasteiger partial charge in [0.25, 0.3) is 11.8 Å². The van der Waals surface area contributed by atoms with Crippen molar-refractivity contribution < 1.29 is 19.1 Å². The molecule has 8 nitrogen and oxygen atoms in total. The largest absolute Gasteiger partial charge is 0.449 e. The van der Waals surface area contributed by atoms with Gasteiger partial charge in [-0.2, -0.15) is 5.10 Å². The first-order valence-electron chi connectivity index (χ1n) is 13.0. The molecule has 0 unspecified atom stereocenters. The summed E-state index contributed by atoms with van der Waals surface area (Å²) in [6.45, 7) is 7.60. The molecule has 39 heavy (non-hydrogen) atoms. The molecule has 3 aromatic carbocycles. The average Bonchev–Trinajstić information content (AvgIpc) is 3.26. The van der Waals surface area contributed by atoms with Crippen LogP contribution in [-0.4, -0.2) is 36.3 Å². The molecule has 3 aromatic rings. The van der Waals surface area contributed by atoms with E-state index in [2.05, 4.69) is 33.3 Å². The standard InChI is InChI=1S/C31H34N4O4/c1-19(2)28(30(37)35-34-21(4)29(36)32-17-22-15-13-20(3)14-16-22)33-31(38)39-18-27-25-11-7-5-9-23(25)24-10-6-8-12-26(24)27/h5-16,19,27-28H,17-18H2,1-4H3,(H,32,36)(H,33,38)(H,35,37)/b34-21+/t28-/m0/s1. The second-order valence-electron chi connectivity index (χ2n) is 10.0. The predicted octanol–water partition coefficient (Wildman–Crippen LogP) is 4.67. The van der Waals surface area contributed by atoms with Crippen LogP contribution in [0.2, 0.25) is 0 Å². The van der Waals surface area contributed by atoms with Gasteiger partial charge in [-0.3, -0.25) is 9.59 Å². The normalized spacial score (nSPS) is 13.3. The second kappa shape index (κ2) is 12.4. The minimum absolute atomic E-state index is 0.0832. The van der Waals surface area contributed by atoms with Crippen LogP contribution in [0, 0.1) is 12.8 Å². The van der Waals surface area contributed by atoms with Crippen LogP contribution in [0.4, 0.5) is 4.79 Å². The Morgan fingerprint density at radius 3 is 2.08 bits per heavy atom. The summed E-state index contributed by atoms with van der Waals surface area (Å²) in [7, 11) is 0. The number of hydrogen-bond donors (Lipinski definition) is 3. The third-order valence-corrected chi connectivity index (χ3v) is 6.80. The summed E-state index contributed by atoms with van der Waals surface area (Å²) in [5.74, 6) is -1.26. The van der Waals surface area contributed by atoms with E-state index >= 15 is 0 Å². The van der Waals surface area contributed by atoms with Gasteiger partial charge in [0.15, 0.2) is 0 Å². The Morgan fingerprint density at radius 2 is 1.49 bits per heavy atom. The molecule has 0 saturated heterocycles. The molecule has 0 spiro atoms. The van der Waals surface area contributed by atoms with Crippen molar-refractivity contribution in [3.63, 3.8) is 0 Å². The molecule has 3 amide bonds. The molecule has 0 saturated carbocycles. The van der Waals surface area contributed by atoms with Crippen LogP contribution in [0.3, 0.4) is 0 Å². The number of alkyl carbamates (subject to hydrolysis) is 1. The van der Waals surface area contributed by atoms with Crippen LogP contribution in [0.5, 0.6) is 0 Å². The molecule has 1 aliphatic rings. The summed E-state index contributed by atoms with van der Waals surface area (Å²) < 4.78 is 5.59. The highest BCUT2D eigenvalue weighted by Crippen LogP contribution is 2.44. The minimum atomic E-state index is -0.896. The first-order valence-corrected chi connectivity index (χ1v) is 13.0. The monoisotopic (exact) mass is 526 g/mol. The highest BCUT2D eigenvalue weighted by Gasteiger charge is 2.30. The van der Waals surface area contributed by atoms with Crippen molar-refractivity contribution in [1.82, 2.24) is 16.1 Å². The molecule has 1 aliphatic carbocycles. The van der Waals surface area contributed by atoms with Crippen LogP contribution in [0.1, 0.15) is 48.9 Å². The fourth-order valence-electron chi connectivity index (χ4n) is 4.58. The van der Waals surface area contributed by atoms with Gasteiger partial charge in [0.1, 0.15) is 18.4 Å². The fraction of sp³-hybridized carbons (Fsp3) is 0.290. The van der Waals surface area contributed by atoms with E-state index in [-0.39, 0.29) is 24.2 Å². The fourth-order valence-corrected chi connectivity index (χ4v) is 4.58. The zero-order valence-electron chi connectivity index (χ0n) is 22.7. The predicted molar refractivity (Wildman–Crippen MR) is 151 cm³/mol. The zero-order valence-corrected chi connectivity index (χ0v) is 22.7. The smallest absolute Gasteiger partial charge is 0.407 e. The quantitative estimate of drug-likeness (QED) is 0.278. The number of carbonyl (C=O) groups excluding carboxylic acids is 3. The maximum atomic E-state index is 12.8. The van der Waals surface area contributed by atoms with E-state index in [0.29, 0.717) is 6.54 Å². The summed E-state index contributed by atoms with van der Waals surface area (Å²) in [6, 6.07) is 23.1. The topological polar surface area (TPSA) is 109 Å². The maximum Gasteiger partial charge on any atom is 0.407 e. The molecule has 4 rings (SSSR count). The summed E-state index contributed by atoms with van der Waals surface area (Å²) in [4.78, 5) is 37.9. The lowest BCUT2D eigenvalue weighted by Crippen LogP contribution is -2.49. The molecule has 202 valence electrons. The third-order valence-electron chi connectivity index (χ3n) is 6.80. The molecule has 0 aliphatic heterocycles. The van der Waals surface area contributed by atoms with Crippen molar-refractivity contribution in [2.45, 2.75) is 46.2 Å². The number of hydrazone groups is 1. The van der Waals surface area contributed by atoms with Crippen LogP contribution < -0.4 is 16.1 Å². The first kappa shape index (κ1) is 27.6. The number of benzene rings is 3. The maximum absolute atomic E-state index is 12.8. The number of aryl methyl sites for hydroxylation is 1. The molecule has 0 radical (unpaired) electrons. The van der Waals surface area contributed by atoms with Gasteiger partial charge in [-0.05, 0) is 47.6 Å². The number of hydrogen-bond acceptors (Lipinski definition) is 5. The Hall–Kier alpha value is -4.46. The van der Waals surface area contributed by atoms with Gasteiger partial charge in [-0.15, -0.1) is 0 Å². The van der Waals surface area contributed by atoms with Crippen molar-refractivity contribution in [3.05, 3.63) is 95.1 Å². The van der Waals surface area contributed by atoms with Crippen LogP contribution in [-0.2, 0) is 20.9 Å². The van der Waals surface area contributed by atoms with Crippen molar-refractivity contribution >= 4 is 23.6 Å². The Kier molecular flexibility index (Phi) is 8.76. The molecular weight excluding hydrogens is 492 g/mol. The van der Waals surface area contributed by atoms with Gasteiger partial charge in [-0.1, -0.05) is 92.2 Å². The number of ether oxygens (including phenoxy) is 1. The van der Waals surface area contributed by atoms with E-state index in [1.807, 2.05) is 67.6 Å². The molecular formula is C31H34N4O4. The van der Waals surface area contributed by atoms with Gasteiger partial charge < -0.3 is 15.4 Å². The highest BCUT2D eigenvalue weighted by atomic mass is 16.5. The van der Waals surface area contributed by atoms with Gasteiger partial charge in [0.2, 0.25) is 0 Å². The van der Waals surface area contributed by atoms with Crippen molar-refractivity contribution in [2.24, 2.45) is 11.0 Å². The number of amides is 3. The van der Waals surface area contributed by atoms with Crippen LogP contribution in [0.15, 0.2) is 77.9 Å². The Bertz CT molecular complexity index is 1340. The van der Waals surface area contributed by atoms with Crippen molar-refractivity contribution in [1.29, 1.82) is 0 Å². The van der Waals surface area contributed by atoms with Gasteiger partial charge in [0.05, 0.1) is 0 Å². The summed E-state index contributed by atoms with van der Waals surface area (Å²) in [5, 5.41) is 9.36. The number of rotatable bonds is 9. The van der Waals surface area contributed by atoms with E-state index in [0.717, 1.165) is 33.4 Å². The molecule has 3 N–H and O–H groups in total. The van der Waals surface area contributed by atoms with E-state index in [4.69, 9.17) is 4.74 Å². The lowest BCUT2D eigenvalue weighted by Gasteiger charge is -2.21. The Morgan fingerprint density at radius 1 is 0.897 bits per heavy atom. The third kappa shape index (κ3) is 6.71. The average molecular weight is 527 g/mol. The lowest BCUT2D eigenvalue weighted by atomic mass is 9.98. The van der Waals surface area contributed by atoms with Gasteiger partial charge >= 0.3 is 6.09 Å².